The van der Waals surface area contributed by atoms with Gasteiger partial charge in [0.1, 0.15) is 0 Å². The van der Waals surface area contributed by atoms with Gasteiger partial charge < -0.3 is 15.7 Å². The van der Waals surface area contributed by atoms with Crippen molar-refractivity contribution in [2.24, 2.45) is 5.73 Å². The fourth-order valence-corrected chi connectivity index (χ4v) is 1.80. The van der Waals surface area contributed by atoms with Gasteiger partial charge in [0.15, 0.2) is 0 Å². The molecule has 0 aromatic carbocycles. The summed E-state index contributed by atoms with van der Waals surface area (Å²) in [6, 6.07) is 0. The van der Waals surface area contributed by atoms with Crippen LogP contribution in [0.3, 0.4) is 0 Å². The minimum Gasteiger partial charge on any atom is -0.389 e. The monoisotopic (exact) mass is 216 g/mol. The van der Waals surface area contributed by atoms with Gasteiger partial charge in [-0.15, -0.1) is 0 Å². The van der Waals surface area contributed by atoms with E-state index >= 15 is 0 Å². The Kier molecular flexibility index (Phi) is 8.02. The highest BCUT2D eigenvalue weighted by Gasteiger charge is 2.21. The molecule has 0 bridgehead atoms. The first kappa shape index (κ1) is 14.9. The zero-order valence-corrected chi connectivity index (χ0v) is 10.6. The Balaban J connectivity index is 3.75. The normalized spacial score (nSPS) is 15.6. The van der Waals surface area contributed by atoms with Gasteiger partial charge in [0.2, 0.25) is 0 Å². The van der Waals surface area contributed by atoms with Crippen molar-refractivity contribution in [1.29, 1.82) is 0 Å². The molecule has 0 aliphatic rings. The van der Waals surface area contributed by atoms with E-state index in [2.05, 4.69) is 18.7 Å². The third kappa shape index (κ3) is 6.13. The maximum Gasteiger partial charge on any atom is 0.0767 e. The highest BCUT2D eigenvalue weighted by molar-refractivity contribution is 4.77. The smallest absolute Gasteiger partial charge is 0.0767 e. The van der Waals surface area contributed by atoms with Crippen LogP contribution < -0.4 is 5.73 Å². The van der Waals surface area contributed by atoms with E-state index in [-0.39, 0.29) is 0 Å². The minimum atomic E-state index is -0.633. The van der Waals surface area contributed by atoms with Crippen molar-refractivity contribution in [3.05, 3.63) is 0 Å². The van der Waals surface area contributed by atoms with Crippen LogP contribution in [0.25, 0.3) is 0 Å². The average molecular weight is 216 g/mol. The summed E-state index contributed by atoms with van der Waals surface area (Å²) >= 11 is 0. The van der Waals surface area contributed by atoms with Crippen LogP contribution in [0.2, 0.25) is 0 Å². The van der Waals surface area contributed by atoms with Crippen molar-refractivity contribution in [1.82, 2.24) is 4.90 Å². The van der Waals surface area contributed by atoms with Gasteiger partial charge in [0.05, 0.1) is 5.60 Å². The van der Waals surface area contributed by atoms with Gasteiger partial charge in [-0.1, -0.05) is 20.8 Å². The number of hydrogen-bond donors (Lipinski definition) is 2. The van der Waals surface area contributed by atoms with Gasteiger partial charge >= 0.3 is 0 Å². The predicted molar refractivity (Wildman–Crippen MR) is 65.9 cm³/mol. The van der Waals surface area contributed by atoms with Crippen molar-refractivity contribution in [3.8, 4) is 0 Å². The van der Waals surface area contributed by atoms with Gasteiger partial charge in [0, 0.05) is 6.54 Å². The van der Waals surface area contributed by atoms with Crippen LogP contribution in [0.5, 0.6) is 0 Å². The molecule has 0 saturated carbocycles. The van der Waals surface area contributed by atoms with Crippen LogP contribution >= 0.6 is 0 Å². The number of nitrogens with zero attached hydrogens (tertiary/aromatic N) is 1. The SMILES string of the molecule is CCCN(CC)CCCC(O)(CC)CN. The lowest BCUT2D eigenvalue weighted by Crippen LogP contribution is -2.38. The highest BCUT2D eigenvalue weighted by Crippen LogP contribution is 2.15. The number of rotatable bonds is 9. The lowest BCUT2D eigenvalue weighted by molar-refractivity contribution is 0.0317. The van der Waals surface area contributed by atoms with Gasteiger partial charge in [0.25, 0.3) is 0 Å². The van der Waals surface area contributed by atoms with Gasteiger partial charge in [-0.3, -0.25) is 0 Å². The van der Waals surface area contributed by atoms with Crippen molar-refractivity contribution >= 4 is 0 Å². The summed E-state index contributed by atoms with van der Waals surface area (Å²) in [6.07, 6.45) is 3.81. The second kappa shape index (κ2) is 8.08. The molecule has 1 unspecified atom stereocenters. The lowest BCUT2D eigenvalue weighted by Gasteiger charge is -2.26. The van der Waals surface area contributed by atoms with E-state index in [1.807, 2.05) is 6.92 Å². The first-order valence-electron chi connectivity index (χ1n) is 6.26. The fourth-order valence-electron chi connectivity index (χ4n) is 1.80. The fraction of sp³-hybridized carbons (Fsp3) is 1.00. The van der Waals surface area contributed by atoms with Crippen LogP contribution in [0.1, 0.15) is 46.5 Å². The van der Waals surface area contributed by atoms with E-state index in [0.717, 1.165) is 38.9 Å². The molecule has 92 valence electrons. The van der Waals surface area contributed by atoms with Crippen molar-refractivity contribution in [3.63, 3.8) is 0 Å². The first-order chi connectivity index (χ1) is 7.11. The molecule has 15 heavy (non-hydrogen) atoms. The van der Waals surface area contributed by atoms with E-state index in [0.29, 0.717) is 6.54 Å². The lowest BCUT2D eigenvalue weighted by atomic mass is 9.95. The van der Waals surface area contributed by atoms with Crippen LogP contribution in [0, 0.1) is 0 Å². The summed E-state index contributed by atoms with van der Waals surface area (Å²) in [4.78, 5) is 2.42. The summed E-state index contributed by atoms with van der Waals surface area (Å²) in [6.45, 7) is 10.1. The minimum absolute atomic E-state index is 0.378. The summed E-state index contributed by atoms with van der Waals surface area (Å²) in [5.41, 5.74) is 4.93. The summed E-state index contributed by atoms with van der Waals surface area (Å²) in [5.74, 6) is 0. The Morgan fingerprint density at radius 2 is 1.87 bits per heavy atom. The summed E-state index contributed by atoms with van der Waals surface area (Å²) in [7, 11) is 0. The Hall–Kier alpha value is -0.120. The quantitative estimate of drug-likeness (QED) is 0.615. The second-order valence-electron chi connectivity index (χ2n) is 4.32. The Morgan fingerprint density at radius 1 is 1.20 bits per heavy atom. The third-order valence-corrected chi connectivity index (χ3v) is 3.14. The zero-order chi connectivity index (χ0) is 11.7. The molecule has 1 atom stereocenters. The van der Waals surface area contributed by atoms with E-state index in [1.54, 1.807) is 0 Å². The molecule has 0 saturated heterocycles. The molecule has 0 rings (SSSR count). The molecule has 0 aromatic heterocycles. The molecule has 3 heteroatoms. The molecule has 0 aliphatic heterocycles. The molecule has 0 fully saturated rings. The topological polar surface area (TPSA) is 49.5 Å². The maximum absolute atomic E-state index is 10.0. The van der Waals surface area contributed by atoms with E-state index < -0.39 is 5.60 Å². The molecule has 0 aliphatic carbocycles. The van der Waals surface area contributed by atoms with E-state index in [1.165, 1.54) is 6.42 Å². The molecule has 3 nitrogen and oxygen atoms in total. The Labute approximate surface area is 94.6 Å². The van der Waals surface area contributed by atoms with Gasteiger partial charge in [-0.2, -0.15) is 0 Å². The maximum atomic E-state index is 10.0. The number of nitrogens with two attached hydrogens (primary N) is 1. The van der Waals surface area contributed by atoms with Gasteiger partial charge in [-0.25, -0.2) is 0 Å². The largest absolute Gasteiger partial charge is 0.389 e. The van der Waals surface area contributed by atoms with E-state index in [4.69, 9.17) is 5.73 Å². The Bertz CT molecular complexity index is 147. The van der Waals surface area contributed by atoms with Crippen LogP contribution in [0.15, 0.2) is 0 Å². The second-order valence-corrected chi connectivity index (χ2v) is 4.32. The standard InChI is InChI=1S/C12H28N2O/c1-4-9-14(6-3)10-7-8-12(15,5-2)11-13/h15H,4-11,13H2,1-3H3. The molecular formula is C12H28N2O. The predicted octanol–water partition coefficient (Wildman–Crippen LogP) is 1.60. The third-order valence-electron chi connectivity index (χ3n) is 3.14. The average Bonchev–Trinajstić information content (AvgIpc) is 2.27. The molecule has 0 heterocycles. The van der Waals surface area contributed by atoms with Crippen molar-refractivity contribution in [2.45, 2.75) is 52.1 Å². The number of aliphatic hydroxyl groups is 1. The molecule has 0 radical (unpaired) electrons. The summed E-state index contributed by atoms with van der Waals surface area (Å²) in [5, 5.41) is 10.0. The van der Waals surface area contributed by atoms with Crippen LogP contribution in [0.4, 0.5) is 0 Å². The molecule has 0 aromatic rings. The van der Waals surface area contributed by atoms with Crippen molar-refractivity contribution < 1.29 is 5.11 Å². The van der Waals surface area contributed by atoms with E-state index in [9.17, 15) is 5.11 Å². The first-order valence-corrected chi connectivity index (χ1v) is 6.26. The van der Waals surface area contributed by atoms with Crippen LogP contribution in [-0.2, 0) is 0 Å². The molecule has 3 N–H and O–H groups in total. The summed E-state index contributed by atoms with van der Waals surface area (Å²) < 4.78 is 0. The highest BCUT2D eigenvalue weighted by atomic mass is 16.3. The molecule has 0 amide bonds. The van der Waals surface area contributed by atoms with Crippen LogP contribution in [-0.4, -0.2) is 41.8 Å². The molecular weight excluding hydrogens is 188 g/mol. The number of hydrogen-bond acceptors (Lipinski definition) is 3. The van der Waals surface area contributed by atoms with Gasteiger partial charge in [-0.05, 0) is 45.3 Å². The zero-order valence-electron chi connectivity index (χ0n) is 10.6. The Morgan fingerprint density at radius 3 is 2.27 bits per heavy atom. The molecule has 0 spiro atoms. The van der Waals surface area contributed by atoms with Crippen molar-refractivity contribution in [2.75, 3.05) is 26.2 Å².